The van der Waals surface area contributed by atoms with Crippen LogP contribution in [0.15, 0.2) is 0 Å². The van der Waals surface area contributed by atoms with Gasteiger partial charge in [0.2, 0.25) is 33.3 Å². The number of aliphatic hydroxyl groups excluding tert-OH is 2. The highest BCUT2D eigenvalue weighted by molar-refractivity contribution is 6.90. The van der Waals surface area contributed by atoms with Crippen molar-refractivity contribution in [1.82, 2.24) is 0 Å². The van der Waals surface area contributed by atoms with Crippen LogP contribution in [0.3, 0.4) is 0 Å². The zero-order chi connectivity index (χ0) is 37.5. The molecule has 0 spiro atoms. The van der Waals surface area contributed by atoms with E-state index >= 15 is 0 Å². The van der Waals surface area contributed by atoms with Crippen molar-refractivity contribution in [3.8, 4) is 0 Å². The third-order valence-electron chi connectivity index (χ3n) is 5.40. The molecule has 0 bridgehead atoms. The summed E-state index contributed by atoms with van der Waals surface area (Å²) in [4.78, 5) is 19.1. The van der Waals surface area contributed by atoms with E-state index in [9.17, 15) is 19.8 Å². The maximum absolute atomic E-state index is 9.56. The molecule has 12 nitrogen and oxygen atoms in total. The highest BCUT2D eigenvalue weighted by atomic mass is 28.5. The van der Waals surface area contributed by atoms with Gasteiger partial charge in [0.25, 0.3) is 0 Å². The van der Waals surface area contributed by atoms with E-state index < -0.39 is 84.6 Å². The Bertz CT molecular complexity index is 825. The number of aliphatic hydroxyl groups is 2. The lowest BCUT2D eigenvalue weighted by Crippen LogP contribution is -2.59. The summed E-state index contributed by atoms with van der Waals surface area (Å²) < 4.78 is 47.4. The van der Waals surface area contributed by atoms with Crippen LogP contribution >= 0.6 is 0 Å². The second-order valence-corrected chi connectivity index (χ2v) is 54.8. The molecule has 0 radical (unpaired) electrons. The molecule has 0 unspecified atom stereocenters. The van der Waals surface area contributed by atoms with Crippen LogP contribution in [0.2, 0.25) is 131 Å². The average Bonchev–Trinajstić information content (AvgIpc) is 2.70. The Kier molecular flexibility index (Phi) is 19.4. The standard InChI is InChI=1S/C12H36O6Si5.C6H20O4Si3.C6H16O2Si2/c1-19(2,11-13)15-21(5,6)17-23(9,10)18-22(7,8)16-20(3,4)12-14;1-11(2,7)9-13(5,6)10-12(3,4)8;1-9(2)5-8-10(3,4)6-7-9/h13-14H,11-12H2,1-10H3;7-8H,1-6H3;5-6H2,1-4H3. The molecule has 1 saturated heterocycles. The molecule has 4 N–H and O–H groups in total. The molecule has 280 valence electrons. The molecule has 0 saturated carbocycles. The van der Waals surface area contributed by atoms with Crippen LogP contribution in [-0.2, 0) is 33.5 Å². The summed E-state index contributed by atoms with van der Waals surface area (Å²) in [6.07, 6.45) is 1.95. The quantitative estimate of drug-likeness (QED) is 0.169. The predicted octanol–water partition coefficient (Wildman–Crippen LogP) is 5.26. The Morgan fingerprint density at radius 1 is 0.435 bits per heavy atom. The zero-order valence-corrected chi connectivity index (χ0v) is 42.9. The van der Waals surface area contributed by atoms with Crippen molar-refractivity contribution in [1.29, 1.82) is 0 Å². The van der Waals surface area contributed by atoms with E-state index in [4.69, 9.17) is 33.5 Å². The fourth-order valence-corrected chi connectivity index (χ4v) is 43.2. The highest BCUT2D eigenvalue weighted by Crippen LogP contribution is 2.26. The van der Waals surface area contributed by atoms with Gasteiger partial charge in [-0.2, -0.15) is 0 Å². The van der Waals surface area contributed by atoms with E-state index in [0.29, 0.717) is 0 Å². The molecular weight excluding hydrogens is 761 g/mol. The first-order chi connectivity index (χ1) is 19.8. The molecule has 1 aliphatic rings. The molecule has 0 amide bonds. The molecule has 0 aromatic heterocycles. The van der Waals surface area contributed by atoms with Gasteiger partial charge in [0.05, 0.1) is 24.9 Å². The van der Waals surface area contributed by atoms with Crippen LogP contribution in [0.1, 0.15) is 0 Å². The Balaban J connectivity index is 0. The van der Waals surface area contributed by atoms with Gasteiger partial charge in [0.1, 0.15) is 0 Å². The predicted molar refractivity (Wildman–Crippen MR) is 212 cm³/mol. The van der Waals surface area contributed by atoms with Gasteiger partial charge in [0.15, 0.2) is 0 Å². The van der Waals surface area contributed by atoms with E-state index in [2.05, 4.69) is 26.2 Å². The summed E-state index contributed by atoms with van der Waals surface area (Å²) in [5.74, 6) is 0. The van der Waals surface area contributed by atoms with Crippen LogP contribution in [0.25, 0.3) is 0 Å². The van der Waals surface area contributed by atoms with Gasteiger partial charge < -0.3 is 53.3 Å². The molecular formula is C24H72O12Si10. The third-order valence-corrected chi connectivity index (χ3v) is 35.2. The van der Waals surface area contributed by atoms with E-state index in [1.807, 2.05) is 78.6 Å². The van der Waals surface area contributed by atoms with Crippen LogP contribution in [0.5, 0.6) is 0 Å². The molecule has 22 heteroatoms. The van der Waals surface area contributed by atoms with E-state index in [0.717, 1.165) is 12.5 Å². The fraction of sp³-hybridized carbons (Fsp3) is 1.00. The lowest BCUT2D eigenvalue weighted by atomic mass is 11.6. The first kappa shape index (κ1) is 49.8. The van der Waals surface area contributed by atoms with Crippen molar-refractivity contribution in [3.63, 3.8) is 0 Å². The summed E-state index contributed by atoms with van der Waals surface area (Å²) in [5.41, 5.74) is 0. The maximum Gasteiger partial charge on any atom is 0.320 e. The molecule has 1 heterocycles. The molecule has 1 fully saturated rings. The van der Waals surface area contributed by atoms with Crippen LogP contribution in [-0.4, -0.2) is 129 Å². The molecule has 46 heavy (non-hydrogen) atoms. The van der Waals surface area contributed by atoms with Crippen LogP contribution < -0.4 is 0 Å². The van der Waals surface area contributed by atoms with Gasteiger partial charge in [-0.25, -0.2) is 0 Å². The molecule has 0 aromatic rings. The van der Waals surface area contributed by atoms with Gasteiger partial charge in [-0.3, -0.25) is 0 Å². The topological polar surface area (TPSA) is 155 Å². The van der Waals surface area contributed by atoms with Crippen molar-refractivity contribution in [2.45, 2.75) is 131 Å². The minimum Gasteiger partial charge on any atom is -0.435 e. The Labute approximate surface area is 292 Å². The second kappa shape index (κ2) is 17.9. The van der Waals surface area contributed by atoms with Crippen molar-refractivity contribution in [3.05, 3.63) is 0 Å². The highest BCUT2D eigenvalue weighted by Gasteiger charge is 2.46. The molecule has 0 atom stereocenters. The largest absolute Gasteiger partial charge is 0.435 e. The first-order valence-corrected chi connectivity index (χ1v) is 45.4. The van der Waals surface area contributed by atoms with Gasteiger partial charge in [0, 0.05) is 0 Å². The molecule has 1 aliphatic heterocycles. The Morgan fingerprint density at radius 3 is 0.848 bits per heavy atom. The lowest BCUT2D eigenvalue weighted by molar-refractivity contribution is 0.235. The minimum atomic E-state index is -2.54. The van der Waals surface area contributed by atoms with Gasteiger partial charge in [-0.1, -0.05) is 0 Å². The average molecular weight is 834 g/mol. The minimum absolute atomic E-state index is 0.0786. The van der Waals surface area contributed by atoms with E-state index in [-0.39, 0.29) is 12.5 Å². The first-order valence-electron chi connectivity index (χ1n) is 15.9. The smallest absolute Gasteiger partial charge is 0.320 e. The monoisotopic (exact) mass is 832 g/mol. The second-order valence-electron chi connectivity index (χ2n) is 17.0. The molecule has 0 aliphatic carbocycles. The summed E-state index contributed by atoms with van der Waals surface area (Å²) in [6.45, 7) is 39.2. The van der Waals surface area contributed by atoms with E-state index in [1.165, 1.54) is 0 Å². The summed E-state index contributed by atoms with van der Waals surface area (Å²) in [7, 11) is -21.6. The normalized spacial score (nSPS) is 18.3. The van der Waals surface area contributed by atoms with Crippen LogP contribution in [0, 0.1) is 0 Å². The van der Waals surface area contributed by atoms with E-state index in [1.54, 1.807) is 26.2 Å². The maximum atomic E-state index is 9.56. The van der Waals surface area contributed by atoms with Crippen molar-refractivity contribution in [2.75, 3.05) is 24.9 Å². The van der Waals surface area contributed by atoms with Gasteiger partial charge >= 0.3 is 51.4 Å². The lowest BCUT2D eigenvalue weighted by Gasteiger charge is -2.41. The van der Waals surface area contributed by atoms with Crippen molar-refractivity contribution >= 4 is 84.6 Å². The Hall–Kier alpha value is 1.69. The zero-order valence-electron chi connectivity index (χ0n) is 32.9. The van der Waals surface area contributed by atoms with Crippen molar-refractivity contribution < 1.29 is 53.3 Å². The van der Waals surface area contributed by atoms with Crippen molar-refractivity contribution in [2.24, 2.45) is 0 Å². The number of rotatable bonds is 14. The van der Waals surface area contributed by atoms with Gasteiger partial charge in [-0.05, 0) is 131 Å². The summed E-state index contributed by atoms with van der Waals surface area (Å²) in [5, 5.41) is 18.9. The number of hydrogen-bond donors (Lipinski definition) is 4. The summed E-state index contributed by atoms with van der Waals surface area (Å²) >= 11 is 0. The third kappa shape index (κ3) is 27.4. The van der Waals surface area contributed by atoms with Gasteiger partial charge in [-0.15, -0.1) is 0 Å². The molecule has 0 aromatic carbocycles. The Morgan fingerprint density at radius 2 is 0.652 bits per heavy atom. The number of hydrogen-bond acceptors (Lipinski definition) is 12. The van der Waals surface area contributed by atoms with Crippen LogP contribution in [0.4, 0.5) is 0 Å². The summed E-state index contributed by atoms with van der Waals surface area (Å²) in [6, 6.07) is 0. The fourth-order valence-electron chi connectivity index (χ4n) is 4.69. The molecule has 1 rings (SSSR count). The SMILES string of the molecule is C[Si](C)(CO)O[Si](C)(C)O[Si](C)(C)O[Si](C)(C)O[Si](C)(C)CO.C[Si](C)(O)O[Si](C)(C)O[Si](C)(C)O.C[Si]1(C)CO[Si](C)(C)CO1.